The summed E-state index contributed by atoms with van der Waals surface area (Å²) >= 11 is 0. The van der Waals surface area contributed by atoms with Gasteiger partial charge in [0.25, 0.3) is 0 Å². The van der Waals surface area contributed by atoms with Crippen molar-refractivity contribution in [2.75, 3.05) is 7.11 Å². The standard InChI is InChI=1S/C9H9OP/c1-10-8-3-2-4-9-7(8)5-6-11-9/h2-6,11H,1H3. The van der Waals surface area contributed by atoms with Gasteiger partial charge in [0.05, 0.1) is 7.11 Å². The zero-order valence-electron chi connectivity index (χ0n) is 6.29. The second-order valence-corrected chi connectivity index (χ2v) is 3.56. The highest BCUT2D eigenvalue weighted by Gasteiger charge is 1.98. The van der Waals surface area contributed by atoms with E-state index in [9.17, 15) is 0 Å². The molecule has 2 heteroatoms. The van der Waals surface area contributed by atoms with E-state index in [4.69, 9.17) is 4.74 Å². The maximum absolute atomic E-state index is 5.21. The Bertz CT molecular complexity index is 364. The van der Waals surface area contributed by atoms with Gasteiger partial charge >= 0.3 is 0 Å². The summed E-state index contributed by atoms with van der Waals surface area (Å²) < 4.78 is 5.21. The Morgan fingerprint density at radius 3 is 3.00 bits per heavy atom. The molecule has 0 fully saturated rings. The summed E-state index contributed by atoms with van der Waals surface area (Å²) in [4.78, 5) is 0. The molecule has 0 saturated heterocycles. The second-order valence-electron chi connectivity index (χ2n) is 2.40. The van der Waals surface area contributed by atoms with E-state index >= 15 is 0 Å². The molecule has 0 spiro atoms. The number of hydrogen-bond donors (Lipinski definition) is 0. The molecular weight excluding hydrogens is 155 g/mol. The van der Waals surface area contributed by atoms with Gasteiger partial charge in [-0.15, -0.1) is 8.19 Å². The fraction of sp³-hybridized carbons (Fsp3) is 0.111. The second kappa shape index (κ2) is 2.60. The zero-order valence-corrected chi connectivity index (χ0v) is 7.29. The van der Waals surface area contributed by atoms with Gasteiger partial charge in [-0.25, -0.2) is 0 Å². The van der Waals surface area contributed by atoms with Crippen LogP contribution in [-0.2, 0) is 0 Å². The Hall–Kier alpha value is -0.940. The van der Waals surface area contributed by atoms with Crippen molar-refractivity contribution in [3.8, 4) is 5.75 Å². The molecule has 0 aliphatic rings. The lowest BCUT2D eigenvalue weighted by atomic mass is 10.2. The highest BCUT2D eigenvalue weighted by molar-refractivity contribution is 7.36. The number of ether oxygens (including phenoxy) is 1. The van der Waals surface area contributed by atoms with Crippen LogP contribution in [0.4, 0.5) is 0 Å². The maximum atomic E-state index is 5.21. The topological polar surface area (TPSA) is 9.23 Å². The summed E-state index contributed by atoms with van der Waals surface area (Å²) in [6.07, 6.45) is 0. The van der Waals surface area contributed by atoms with Crippen molar-refractivity contribution >= 4 is 18.7 Å². The Labute approximate surface area is 67.1 Å². The van der Waals surface area contributed by atoms with Gasteiger partial charge in [0.1, 0.15) is 5.75 Å². The van der Waals surface area contributed by atoms with E-state index in [1.165, 1.54) is 10.5 Å². The highest BCUT2D eigenvalue weighted by atomic mass is 31.0. The van der Waals surface area contributed by atoms with Crippen LogP contribution in [0.15, 0.2) is 30.1 Å². The first kappa shape index (κ1) is 6.75. The van der Waals surface area contributed by atoms with Crippen molar-refractivity contribution in [2.24, 2.45) is 0 Å². The van der Waals surface area contributed by atoms with Crippen molar-refractivity contribution in [1.82, 2.24) is 0 Å². The van der Waals surface area contributed by atoms with Crippen LogP contribution < -0.4 is 4.74 Å². The Morgan fingerprint density at radius 1 is 1.27 bits per heavy atom. The Balaban J connectivity index is 2.79. The molecule has 1 aromatic carbocycles. The van der Waals surface area contributed by atoms with Crippen LogP contribution in [0.3, 0.4) is 0 Å². The molecule has 1 heterocycles. The summed E-state index contributed by atoms with van der Waals surface area (Å²) in [6.45, 7) is 0. The number of methoxy groups -OCH3 is 1. The molecule has 1 unspecified atom stereocenters. The largest absolute Gasteiger partial charge is 0.496 e. The predicted molar refractivity (Wildman–Crippen MR) is 50.0 cm³/mol. The molecule has 0 radical (unpaired) electrons. The van der Waals surface area contributed by atoms with Gasteiger partial charge < -0.3 is 4.74 Å². The van der Waals surface area contributed by atoms with Gasteiger partial charge in [-0.05, 0) is 17.9 Å². The van der Waals surface area contributed by atoms with Crippen LogP contribution in [-0.4, -0.2) is 7.11 Å². The summed E-state index contributed by atoms with van der Waals surface area (Å²) in [7, 11) is 2.53. The molecule has 56 valence electrons. The van der Waals surface area contributed by atoms with Crippen molar-refractivity contribution in [3.63, 3.8) is 0 Å². The van der Waals surface area contributed by atoms with Crippen molar-refractivity contribution in [2.45, 2.75) is 0 Å². The van der Waals surface area contributed by atoms with Crippen LogP contribution >= 0.6 is 8.19 Å². The van der Waals surface area contributed by atoms with Crippen LogP contribution in [0, 0.1) is 0 Å². The van der Waals surface area contributed by atoms with Crippen molar-refractivity contribution < 1.29 is 4.74 Å². The van der Waals surface area contributed by atoms with E-state index < -0.39 is 0 Å². The molecule has 2 aromatic rings. The number of fused-ring (bicyclic) bond motifs is 1. The van der Waals surface area contributed by atoms with Gasteiger partial charge in [0, 0.05) is 10.5 Å². The molecule has 1 aromatic heterocycles. The molecule has 0 N–H and O–H groups in total. The molecule has 1 atom stereocenters. The van der Waals surface area contributed by atoms with E-state index in [-0.39, 0.29) is 0 Å². The Kier molecular flexibility index (Phi) is 1.59. The van der Waals surface area contributed by atoms with Crippen molar-refractivity contribution in [1.29, 1.82) is 0 Å². The van der Waals surface area contributed by atoms with Gasteiger partial charge in [0.15, 0.2) is 0 Å². The lowest BCUT2D eigenvalue weighted by Crippen LogP contribution is -1.80. The number of hydrogen-bond acceptors (Lipinski definition) is 1. The Morgan fingerprint density at radius 2 is 2.18 bits per heavy atom. The fourth-order valence-electron chi connectivity index (χ4n) is 1.23. The van der Waals surface area contributed by atoms with E-state index in [1.54, 1.807) is 7.11 Å². The van der Waals surface area contributed by atoms with E-state index in [2.05, 4.69) is 17.9 Å². The minimum Gasteiger partial charge on any atom is -0.496 e. The van der Waals surface area contributed by atoms with E-state index in [0.29, 0.717) is 0 Å². The smallest absolute Gasteiger partial charge is 0.127 e. The average molecular weight is 164 g/mol. The summed E-state index contributed by atoms with van der Waals surface area (Å²) in [5, 5.41) is 2.65. The van der Waals surface area contributed by atoms with Gasteiger partial charge in [0.2, 0.25) is 0 Å². The first-order chi connectivity index (χ1) is 5.42. The fourth-order valence-corrected chi connectivity index (χ4v) is 2.22. The van der Waals surface area contributed by atoms with E-state index in [1.807, 2.05) is 12.1 Å². The maximum Gasteiger partial charge on any atom is 0.127 e. The predicted octanol–water partition coefficient (Wildman–Crippen LogP) is 2.88. The summed E-state index contributed by atoms with van der Waals surface area (Å²) in [5.41, 5.74) is 0. The summed E-state index contributed by atoms with van der Waals surface area (Å²) in [5.74, 6) is 3.18. The zero-order chi connectivity index (χ0) is 7.68. The third kappa shape index (κ3) is 1.02. The normalized spacial score (nSPS) is 11.0. The third-order valence-corrected chi connectivity index (χ3v) is 2.86. The molecule has 0 saturated carbocycles. The van der Waals surface area contributed by atoms with Gasteiger partial charge in [-0.3, -0.25) is 0 Å². The molecular formula is C9H9OP. The van der Waals surface area contributed by atoms with Crippen LogP contribution in [0.2, 0.25) is 0 Å². The SMILES string of the molecule is COc1cccc2[pH]ccc12. The molecule has 1 nitrogen and oxygen atoms in total. The lowest BCUT2D eigenvalue weighted by molar-refractivity contribution is 0.420. The summed E-state index contributed by atoms with van der Waals surface area (Å²) in [6, 6.07) is 8.32. The van der Waals surface area contributed by atoms with Crippen molar-refractivity contribution in [3.05, 3.63) is 30.1 Å². The first-order valence-electron chi connectivity index (χ1n) is 3.52. The molecule has 0 bridgehead atoms. The average Bonchev–Trinajstić information content (AvgIpc) is 2.50. The molecule has 0 aliphatic heterocycles. The molecule has 2 rings (SSSR count). The number of benzene rings is 1. The van der Waals surface area contributed by atoms with Crippen LogP contribution in [0.5, 0.6) is 5.75 Å². The third-order valence-electron chi connectivity index (χ3n) is 1.77. The van der Waals surface area contributed by atoms with E-state index in [0.717, 1.165) is 13.9 Å². The molecule has 11 heavy (non-hydrogen) atoms. The van der Waals surface area contributed by atoms with Crippen LogP contribution in [0.25, 0.3) is 10.5 Å². The quantitative estimate of drug-likeness (QED) is 0.629. The molecule has 0 aliphatic carbocycles. The molecule has 0 amide bonds. The first-order valence-corrected chi connectivity index (χ1v) is 4.59. The highest BCUT2D eigenvalue weighted by Crippen LogP contribution is 2.31. The minimum absolute atomic E-state index is 0.819. The van der Waals surface area contributed by atoms with Gasteiger partial charge in [-0.2, -0.15) is 0 Å². The minimum atomic E-state index is 0.819. The monoisotopic (exact) mass is 164 g/mol. The number of rotatable bonds is 1. The van der Waals surface area contributed by atoms with Crippen LogP contribution in [0.1, 0.15) is 0 Å². The van der Waals surface area contributed by atoms with Gasteiger partial charge in [-0.1, -0.05) is 12.1 Å². The lowest BCUT2D eigenvalue weighted by Gasteiger charge is -1.99.